The van der Waals surface area contributed by atoms with Crippen molar-refractivity contribution in [2.24, 2.45) is 0 Å². The average Bonchev–Trinajstić information content (AvgIpc) is 2.30. The Morgan fingerprint density at radius 3 is 2.76 bits per heavy atom. The Kier molecular flexibility index (Phi) is 5.47. The van der Waals surface area contributed by atoms with E-state index in [1.165, 1.54) is 0 Å². The van der Waals surface area contributed by atoms with E-state index >= 15 is 0 Å². The molecule has 0 aliphatic rings. The summed E-state index contributed by atoms with van der Waals surface area (Å²) in [5.74, 6) is -0.0116. The first-order valence-electron chi connectivity index (χ1n) is 5.04. The Labute approximate surface area is 105 Å². The van der Waals surface area contributed by atoms with E-state index in [9.17, 15) is 0 Å². The maximum Gasteiger partial charge on any atom is 0.387 e. The summed E-state index contributed by atoms with van der Waals surface area (Å²) in [6, 6.07) is 9.53. The maximum absolute atomic E-state index is 9.16. The minimum absolute atomic E-state index is 0.0116. The molecule has 0 aliphatic carbocycles. The van der Waals surface area contributed by atoms with Crippen molar-refractivity contribution >= 4 is 23.0 Å². The van der Waals surface area contributed by atoms with Crippen LogP contribution in [0.5, 0.6) is 0 Å². The molecule has 0 heterocycles. The number of aliphatic hydroxyl groups excluding tert-OH is 1. The van der Waals surface area contributed by atoms with E-state index < -0.39 is 0 Å². The lowest BCUT2D eigenvalue weighted by Crippen LogP contribution is -2.29. The van der Waals surface area contributed by atoms with Crippen molar-refractivity contribution in [3.8, 4) is 0 Å². The molecule has 5 nitrogen and oxygen atoms in total. The van der Waals surface area contributed by atoms with Crippen LogP contribution in [0.3, 0.4) is 0 Å². The van der Waals surface area contributed by atoms with Crippen molar-refractivity contribution in [1.82, 2.24) is 5.32 Å². The monoisotopic (exact) mass is 249 g/mol. The van der Waals surface area contributed by atoms with Crippen LogP contribution in [-0.2, 0) is 0 Å². The lowest BCUT2D eigenvalue weighted by atomic mass is 10.3. The molecule has 0 spiro atoms. The molecule has 0 fully saturated rings. The molecule has 1 aromatic carbocycles. The largest absolute Gasteiger partial charge is 0.505 e. The maximum atomic E-state index is 9.16. The summed E-state index contributed by atoms with van der Waals surface area (Å²) in [6.45, 7) is 0.455. The molecule has 0 saturated carbocycles. The summed E-state index contributed by atoms with van der Waals surface area (Å²) in [6.07, 6.45) is 1.32. The Balaban J connectivity index is 2.27. The number of benzene rings is 1. The van der Waals surface area contributed by atoms with Crippen LogP contribution >= 0.6 is 12.2 Å². The second-order valence-corrected chi connectivity index (χ2v) is 3.64. The summed E-state index contributed by atoms with van der Waals surface area (Å²) in [5, 5.41) is 23.7. The minimum Gasteiger partial charge on any atom is -0.505 e. The minimum atomic E-state index is -0.0116. The summed E-state index contributed by atoms with van der Waals surface area (Å²) in [5.41, 5.74) is 0.898. The summed E-state index contributed by atoms with van der Waals surface area (Å²) >= 11 is 5.06. The third-order valence-electron chi connectivity index (χ3n) is 1.91. The van der Waals surface area contributed by atoms with Gasteiger partial charge in [-0.1, -0.05) is 18.2 Å². The molecule has 0 aliphatic heterocycles. The number of hydrogen-bond acceptors (Lipinski definition) is 3. The molecule has 6 heteroatoms. The van der Waals surface area contributed by atoms with Gasteiger partial charge in [-0.05, 0) is 24.4 Å². The van der Waals surface area contributed by atoms with Gasteiger partial charge in [-0.3, -0.25) is 0 Å². The van der Waals surface area contributed by atoms with Gasteiger partial charge in [0.1, 0.15) is 0 Å². The van der Waals surface area contributed by atoms with Crippen molar-refractivity contribution in [1.29, 1.82) is 5.39 Å². The lowest BCUT2D eigenvalue weighted by Gasteiger charge is -2.09. The fraction of sp³-hybridized carbons (Fsp3) is 0.182. The molecule has 17 heavy (non-hydrogen) atoms. The highest BCUT2D eigenvalue weighted by Gasteiger charge is 2.00. The first-order valence-corrected chi connectivity index (χ1v) is 5.45. The van der Waals surface area contributed by atoms with Gasteiger partial charge >= 0.3 is 6.20 Å². The van der Waals surface area contributed by atoms with Gasteiger partial charge in [0.15, 0.2) is 15.8 Å². The molecular formula is C11H13N4OS+. The van der Waals surface area contributed by atoms with Crippen LogP contribution in [0.25, 0.3) is 4.98 Å². The van der Waals surface area contributed by atoms with Crippen molar-refractivity contribution in [2.75, 3.05) is 11.9 Å². The number of hydrogen-bond donors (Lipinski definition) is 3. The van der Waals surface area contributed by atoms with E-state index in [0.717, 1.165) is 11.9 Å². The van der Waals surface area contributed by atoms with Gasteiger partial charge in [-0.2, -0.15) is 0 Å². The molecule has 0 amide bonds. The van der Waals surface area contributed by atoms with Crippen LogP contribution in [0.4, 0.5) is 5.69 Å². The summed E-state index contributed by atoms with van der Waals surface area (Å²) in [4.78, 5) is 2.71. The van der Waals surface area contributed by atoms with E-state index in [4.69, 9.17) is 22.7 Å². The first kappa shape index (κ1) is 12.9. The summed E-state index contributed by atoms with van der Waals surface area (Å²) in [7, 11) is 0. The molecule has 0 atom stereocenters. The van der Waals surface area contributed by atoms with Gasteiger partial charge in [0.05, 0.1) is 0 Å². The average molecular weight is 249 g/mol. The lowest BCUT2D eigenvalue weighted by molar-refractivity contribution is 0.388. The molecule has 0 unspecified atom stereocenters. The highest BCUT2D eigenvalue weighted by Crippen LogP contribution is 2.04. The quantitative estimate of drug-likeness (QED) is 0.434. The zero-order chi connectivity index (χ0) is 12.5. The standard InChI is InChI=1S/C11H12N4OS/c12-14-8-10(16)6-7-13-11(17)15-9-4-2-1-3-5-9/h1-5,8H,6-7H2,(H2-,13,15,16,17)/p+1. The van der Waals surface area contributed by atoms with Crippen LogP contribution in [-0.4, -0.2) is 16.8 Å². The van der Waals surface area contributed by atoms with Gasteiger partial charge < -0.3 is 15.7 Å². The SMILES string of the molecule is N#[N+]C=C(O)CCNC(=S)Nc1ccccc1. The Bertz CT molecular complexity index is 439. The molecule has 3 N–H and O–H groups in total. The normalized spacial score (nSPS) is 10.4. The van der Waals surface area contributed by atoms with E-state index in [1.54, 1.807) is 0 Å². The smallest absolute Gasteiger partial charge is 0.387 e. The second kappa shape index (κ2) is 7.19. The molecule has 0 bridgehead atoms. The van der Waals surface area contributed by atoms with E-state index in [1.807, 2.05) is 30.3 Å². The van der Waals surface area contributed by atoms with E-state index in [-0.39, 0.29) is 5.76 Å². The van der Waals surface area contributed by atoms with Crippen LogP contribution in [0, 0.1) is 5.39 Å². The fourth-order valence-corrected chi connectivity index (χ4v) is 1.35. The number of diazo groups is 1. The molecule has 0 aromatic heterocycles. The Morgan fingerprint density at radius 1 is 1.41 bits per heavy atom. The van der Waals surface area contributed by atoms with Crippen molar-refractivity contribution in [3.05, 3.63) is 47.3 Å². The predicted molar refractivity (Wildman–Crippen MR) is 71.1 cm³/mol. The van der Waals surface area contributed by atoms with Crippen LogP contribution in [0.2, 0.25) is 0 Å². The molecule has 0 radical (unpaired) electrons. The van der Waals surface area contributed by atoms with E-state index in [2.05, 4.69) is 15.6 Å². The molecular weight excluding hydrogens is 236 g/mol. The van der Waals surface area contributed by atoms with Gasteiger partial charge in [-0.15, -0.1) is 0 Å². The fourth-order valence-electron chi connectivity index (χ4n) is 1.13. The number of thiocarbonyl (C=S) groups is 1. The second-order valence-electron chi connectivity index (χ2n) is 3.23. The van der Waals surface area contributed by atoms with Crippen molar-refractivity contribution in [3.63, 3.8) is 0 Å². The highest BCUT2D eigenvalue weighted by molar-refractivity contribution is 7.80. The molecule has 0 saturated heterocycles. The number of para-hydroxylation sites is 1. The van der Waals surface area contributed by atoms with Crippen LogP contribution in [0.15, 0.2) is 42.3 Å². The predicted octanol–water partition coefficient (Wildman–Crippen LogP) is 2.62. The molecule has 1 aromatic rings. The van der Waals surface area contributed by atoms with Gasteiger partial charge in [0.25, 0.3) is 0 Å². The third kappa shape index (κ3) is 5.49. The number of rotatable bonds is 4. The van der Waals surface area contributed by atoms with Gasteiger partial charge in [-0.25, -0.2) is 0 Å². The van der Waals surface area contributed by atoms with Crippen molar-refractivity contribution < 1.29 is 5.11 Å². The molecule has 88 valence electrons. The van der Waals surface area contributed by atoms with Crippen LogP contribution < -0.4 is 10.6 Å². The number of anilines is 1. The number of nitrogens with one attached hydrogen (secondary N) is 2. The molecule has 1 rings (SSSR count). The topological polar surface area (TPSA) is 72.4 Å². The zero-order valence-electron chi connectivity index (χ0n) is 9.13. The van der Waals surface area contributed by atoms with Gasteiger partial charge in [0, 0.05) is 18.7 Å². The van der Waals surface area contributed by atoms with Crippen LogP contribution in [0.1, 0.15) is 6.42 Å². The zero-order valence-corrected chi connectivity index (χ0v) is 9.94. The summed E-state index contributed by atoms with van der Waals surface area (Å²) < 4.78 is 0. The number of nitrogens with zero attached hydrogens (tertiary/aromatic N) is 2. The Morgan fingerprint density at radius 2 is 2.12 bits per heavy atom. The van der Waals surface area contributed by atoms with Crippen molar-refractivity contribution in [2.45, 2.75) is 6.42 Å². The van der Waals surface area contributed by atoms with Gasteiger partial charge in [0.2, 0.25) is 5.39 Å². The first-order chi connectivity index (χ1) is 8.22. The third-order valence-corrected chi connectivity index (χ3v) is 2.15. The Hall–Kier alpha value is -2.13. The number of aliphatic hydroxyl groups is 1. The highest BCUT2D eigenvalue weighted by atomic mass is 32.1. The van der Waals surface area contributed by atoms with E-state index in [0.29, 0.717) is 18.1 Å².